The SMILES string of the molecule is COCCNS(=O)(=O)c1ccc(CNC(=O)c2sc(-c3ccc(F)cc3)nc2C)cc1. The van der Waals surface area contributed by atoms with E-state index in [2.05, 4.69) is 15.0 Å². The number of benzene rings is 2. The van der Waals surface area contributed by atoms with Gasteiger partial charge in [0.1, 0.15) is 15.7 Å². The van der Waals surface area contributed by atoms with E-state index in [1.54, 1.807) is 31.2 Å². The van der Waals surface area contributed by atoms with Crippen molar-refractivity contribution in [1.29, 1.82) is 0 Å². The van der Waals surface area contributed by atoms with Crippen LogP contribution in [0.3, 0.4) is 0 Å². The van der Waals surface area contributed by atoms with Crippen LogP contribution in [0, 0.1) is 12.7 Å². The number of methoxy groups -OCH3 is 1. The fourth-order valence-electron chi connectivity index (χ4n) is 2.73. The first-order valence-corrected chi connectivity index (χ1v) is 11.7. The van der Waals surface area contributed by atoms with E-state index in [1.165, 1.54) is 42.7 Å². The molecular formula is C21H22FN3O4S2. The Morgan fingerprint density at radius 1 is 1.13 bits per heavy atom. The molecule has 0 unspecified atom stereocenters. The molecule has 1 heterocycles. The summed E-state index contributed by atoms with van der Waals surface area (Å²) in [5.41, 5.74) is 2.08. The highest BCUT2D eigenvalue weighted by Gasteiger charge is 2.17. The highest BCUT2D eigenvalue weighted by molar-refractivity contribution is 7.89. The van der Waals surface area contributed by atoms with Crippen LogP contribution in [0.4, 0.5) is 4.39 Å². The van der Waals surface area contributed by atoms with Crippen LogP contribution < -0.4 is 10.0 Å². The summed E-state index contributed by atoms with van der Waals surface area (Å²) in [5.74, 6) is -0.610. The van der Waals surface area contributed by atoms with E-state index in [9.17, 15) is 17.6 Å². The molecule has 0 saturated carbocycles. The largest absolute Gasteiger partial charge is 0.383 e. The lowest BCUT2D eigenvalue weighted by molar-refractivity contribution is 0.0954. The molecule has 164 valence electrons. The van der Waals surface area contributed by atoms with E-state index in [4.69, 9.17) is 4.74 Å². The molecule has 2 N–H and O–H groups in total. The number of nitrogens with one attached hydrogen (secondary N) is 2. The van der Waals surface area contributed by atoms with Crippen molar-refractivity contribution in [3.05, 3.63) is 70.5 Å². The minimum atomic E-state index is -3.60. The van der Waals surface area contributed by atoms with Crippen molar-refractivity contribution in [1.82, 2.24) is 15.0 Å². The van der Waals surface area contributed by atoms with Crippen molar-refractivity contribution in [3.63, 3.8) is 0 Å². The number of nitrogens with zero attached hydrogens (tertiary/aromatic N) is 1. The van der Waals surface area contributed by atoms with E-state index < -0.39 is 10.0 Å². The average molecular weight is 464 g/mol. The molecule has 10 heteroatoms. The van der Waals surface area contributed by atoms with Crippen molar-refractivity contribution < 1.29 is 22.3 Å². The molecule has 0 aliphatic heterocycles. The summed E-state index contributed by atoms with van der Waals surface area (Å²) < 4.78 is 44.8. The van der Waals surface area contributed by atoms with Gasteiger partial charge in [0.25, 0.3) is 5.91 Å². The number of sulfonamides is 1. The van der Waals surface area contributed by atoms with Crippen molar-refractivity contribution in [2.24, 2.45) is 0 Å². The Hall–Kier alpha value is -2.66. The van der Waals surface area contributed by atoms with Crippen LogP contribution >= 0.6 is 11.3 Å². The molecule has 0 bridgehead atoms. The number of carbonyl (C=O) groups is 1. The molecule has 3 rings (SSSR count). The average Bonchev–Trinajstić information content (AvgIpc) is 3.14. The molecule has 0 spiro atoms. The normalized spacial score (nSPS) is 11.5. The van der Waals surface area contributed by atoms with E-state index >= 15 is 0 Å². The molecule has 0 fully saturated rings. The van der Waals surface area contributed by atoms with Crippen molar-refractivity contribution in [2.45, 2.75) is 18.4 Å². The van der Waals surface area contributed by atoms with Crippen molar-refractivity contribution >= 4 is 27.3 Å². The number of aromatic nitrogens is 1. The zero-order valence-corrected chi connectivity index (χ0v) is 18.6. The summed E-state index contributed by atoms with van der Waals surface area (Å²) in [6.45, 7) is 2.45. The van der Waals surface area contributed by atoms with Crippen LogP contribution in [-0.2, 0) is 21.3 Å². The number of rotatable bonds is 9. The number of carbonyl (C=O) groups excluding carboxylic acids is 1. The molecular weight excluding hydrogens is 441 g/mol. The van der Waals surface area contributed by atoms with Gasteiger partial charge >= 0.3 is 0 Å². The van der Waals surface area contributed by atoms with Gasteiger partial charge < -0.3 is 10.1 Å². The second-order valence-corrected chi connectivity index (χ2v) is 9.42. The number of halogens is 1. The van der Waals surface area contributed by atoms with Crippen LogP contribution in [0.1, 0.15) is 20.9 Å². The summed E-state index contributed by atoms with van der Waals surface area (Å²) in [6.07, 6.45) is 0. The third kappa shape index (κ3) is 5.95. The lowest BCUT2D eigenvalue weighted by Crippen LogP contribution is -2.27. The predicted molar refractivity (Wildman–Crippen MR) is 117 cm³/mol. The van der Waals surface area contributed by atoms with Gasteiger partial charge in [-0.15, -0.1) is 11.3 Å². The van der Waals surface area contributed by atoms with Gasteiger partial charge in [-0.1, -0.05) is 12.1 Å². The summed E-state index contributed by atoms with van der Waals surface area (Å²) in [5, 5.41) is 3.46. The Kier molecular flexibility index (Phi) is 7.50. The van der Waals surface area contributed by atoms with Crippen LogP contribution in [0.25, 0.3) is 10.6 Å². The Balaban J connectivity index is 1.63. The van der Waals surface area contributed by atoms with E-state index in [-0.39, 0.29) is 36.3 Å². The lowest BCUT2D eigenvalue weighted by atomic mass is 10.2. The van der Waals surface area contributed by atoms with Gasteiger partial charge in [0.2, 0.25) is 10.0 Å². The Morgan fingerprint density at radius 3 is 2.45 bits per heavy atom. The number of thiazole rings is 1. The van der Waals surface area contributed by atoms with E-state index in [0.29, 0.717) is 15.6 Å². The van der Waals surface area contributed by atoms with E-state index in [0.717, 1.165) is 11.1 Å². The fourth-order valence-corrected chi connectivity index (χ4v) is 4.73. The number of hydrogen-bond donors (Lipinski definition) is 2. The van der Waals surface area contributed by atoms with Gasteiger partial charge in [0.15, 0.2) is 0 Å². The van der Waals surface area contributed by atoms with Crippen LogP contribution in [0.15, 0.2) is 53.4 Å². The third-order valence-corrected chi connectivity index (χ3v) is 7.06. The van der Waals surface area contributed by atoms with Gasteiger partial charge in [-0.05, 0) is 48.9 Å². The summed E-state index contributed by atoms with van der Waals surface area (Å²) in [6, 6.07) is 12.2. The molecule has 0 aliphatic rings. The fraction of sp³-hybridized carbons (Fsp3) is 0.238. The first-order chi connectivity index (χ1) is 14.8. The molecule has 3 aromatic rings. The first kappa shape index (κ1) is 23.0. The van der Waals surface area contributed by atoms with Crippen LogP contribution in [0.2, 0.25) is 0 Å². The van der Waals surface area contributed by atoms with Gasteiger partial charge in [-0.3, -0.25) is 4.79 Å². The molecule has 31 heavy (non-hydrogen) atoms. The zero-order valence-electron chi connectivity index (χ0n) is 17.0. The summed E-state index contributed by atoms with van der Waals surface area (Å²) >= 11 is 1.23. The van der Waals surface area contributed by atoms with Crippen molar-refractivity contribution in [2.75, 3.05) is 20.3 Å². The highest BCUT2D eigenvalue weighted by atomic mass is 32.2. The first-order valence-electron chi connectivity index (χ1n) is 9.39. The summed E-state index contributed by atoms with van der Waals surface area (Å²) in [4.78, 5) is 17.6. The maximum Gasteiger partial charge on any atom is 0.263 e. The third-order valence-electron chi connectivity index (χ3n) is 4.38. The maximum atomic E-state index is 13.1. The molecule has 1 amide bonds. The van der Waals surface area contributed by atoms with E-state index in [1.807, 2.05) is 0 Å². The number of hydrogen-bond acceptors (Lipinski definition) is 6. The maximum absolute atomic E-state index is 13.1. The molecule has 0 radical (unpaired) electrons. The molecule has 2 aromatic carbocycles. The standard InChI is InChI=1S/C21H22FN3O4S2/c1-14-19(30-21(25-14)16-5-7-17(22)8-6-16)20(26)23-13-15-3-9-18(10-4-15)31(27,28)24-11-12-29-2/h3-10,24H,11-13H2,1-2H3,(H,23,26). The molecule has 1 aromatic heterocycles. The topological polar surface area (TPSA) is 97.4 Å². The monoisotopic (exact) mass is 463 g/mol. The number of amides is 1. The van der Waals surface area contributed by atoms with Crippen molar-refractivity contribution in [3.8, 4) is 10.6 Å². The molecule has 0 saturated heterocycles. The molecule has 0 atom stereocenters. The number of ether oxygens (including phenoxy) is 1. The zero-order chi connectivity index (χ0) is 22.4. The Bertz CT molecular complexity index is 1140. The highest BCUT2D eigenvalue weighted by Crippen LogP contribution is 2.28. The minimum Gasteiger partial charge on any atom is -0.383 e. The minimum absolute atomic E-state index is 0.140. The van der Waals surface area contributed by atoms with Gasteiger partial charge in [0, 0.05) is 25.8 Å². The van der Waals surface area contributed by atoms with Crippen LogP contribution in [0.5, 0.6) is 0 Å². The number of aryl methyl sites for hydroxylation is 1. The van der Waals surface area contributed by atoms with Gasteiger partial charge in [0.05, 0.1) is 17.2 Å². The molecule has 0 aliphatic carbocycles. The second kappa shape index (κ2) is 10.1. The van der Waals surface area contributed by atoms with Crippen LogP contribution in [-0.4, -0.2) is 39.6 Å². The smallest absolute Gasteiger partial charge is 0.263 e. The Labute approximate surface area is 184 Å². The second-order valence-electron chi connectivity index (χ2n) is 6.66. The quantitative estimate of drug-likeness (QED) is 0.475. The predicted octanol–water partition coefficient (Wildman–Crippen LogP) is 3.11. The van der Waals surface area contributed by atoms with Gasteiger partial charge in [-0.25, -0.2) is 22.5 Å². The molecule has 7 nitrogen and oxygen atoms in total. The lowest BCUT2D eigenvalue weighted by Gasteiger charge is -2.08. The summed E-state index contributed by atoms with van der Waals surface area (Å²) in [7, 11) is -2.11. The Morgan fingerprint density at radius 2 is 1.81 bits per heavy atom. The van der Waals surface area contributed by atoms with Gasteiger partial charge in [-0.2, -0.15) is 0 Å².